The van der Waals surface area contributed by atoms with Crippen LogP contribution in [0, 0.1) is 0 Å². The van der Waals surface area contributed by atoms with Crippen LogP contribution in [-0.4, -0.2) is 26.4 Å². The van der Waals surface area contributed by atoms with Gasteiger partial charge >= 0.3 is 0 Å². The maximum atomic E-state index is 10.8. The summed E-state index contributed by atoms with van der Waals surface area (Å²) in [5.41, 5.74) is 0. The van der Waals surface area contributed by atoms with E-state index in [2.05, 4.69) is 18.1 Å². The molecular formula is C6H14O6P2-2. The topological polar surface area (TPSA) is 83.0 Å². The molecule has 14 heavy (non-hydrogen) atoms. The molecule has 0 N–H and O–H groups in total. The highest BCUT2D eigenvalue weighted by atomic mass is 31.2. The summed E-state index contributed by atoms with van der Waals surface area (Å²) in [5, 5.41) is 0. The average molecular weight is 244 g/mol. The first kappa shape index (κ1) is 14.6. The zero-order chi connectivity index (χ0) is 10.8. The third-order valence-corrected chi connectivity index (χ3v) is 2.67. The van der Waals surface area contributed by atoms with Crippen molar-refractivity contribution in [2.24, 2.45) is 0 Å². The molecule has 0 spiro atoms. The van der Waals surface area contributed by atoms with Crippen LogP contribution in [0.5, 0.6) is 0 Å². The maximum Gasteiger partial charge on any atom is 0.0829 e. The Hall–Kier alpha value is 0.620. The predicted octanol–water partition coefficient (Wildman–Crippen LogP) is 0.267. The summed E-state index contributed by atoms with van der Waals surface area (Å²) in [4.78, 5) is 21.5. The standard InChI is InChI=1S/C6H14O6P2/c1-3-9-13(7)11-5-6-12-14(8)10-4-2/h3-6H2,1-2H3/q-2. The minimum absolute atomic E-state index is 0.0589. The third-order valence-electron chi connectivity index (χ3n) is 0.946. The van der Waals surface area contributed by atoms with Crippen LogP contribution in [0.2, 0.25) is 0 Å². The summed E-state index contributed by atoms with van der Waals surface area (Å²) >= 11 is 0. The van der Waals surface area contributed by atoms with Crippen LogP contribution in [0.25, 0.3) is 0 Å². The lowest BCUT2D eigenvalue weighted by Crippen LogP contribution is -2.09. The van der Waals surface area contributed by atoms with E-state index in [9.17, 15) is 9.79 Å². The average Bonchev–Trinajstić information content (AvgIpc) is 2.13. The second kappa shape index (κ2) is 10.1. The van der Waals surface area contributed by atoms with E-state index in [1.54, 1.807) is 13.8 Å². The van der Waals surface area contributed by atoms with Crippen molar-refractivity contribution >= 4 is 17.2 Å². The monoisotopic (exact) mass is 244 g/mol. The molecule has 0 rings (SSSR count). The van der Waals surface area contributed by atoms with Crippen molar-refractivity contribution in [2.75, 3.05) is 26.4 Å². The van der Waals surface area contributed by atoms with E-state index in [1.165, 1.54) is 0 Å². The number of hydrogen-bond donors (Lipinski definition) is 0. The van der Waals surface area contributed by atoms with E-state index in [1.807, 2.05) is 0 Å². The molecule has 0 amide bonds. The summed E-state index contributed by atoms with van der Waals surface area (Å²) in [5.74, 6) is 0. The van der Waals surface area contributed by atoms with Crippen LogP contribution in [0.1, 0.15) is 13.8 Å². The van der Waals surface area contributed by atoms with Crippen molar-refractivity contribution < 1.29 is 27.9 Å². The van der Waals surface area contributed by atoms with E-state index in [0.717, 1.165) is 0 Å². The summed E-state index contributed by atoms with van der Waals surface area (Å²) in [6.45, 7) is 4.18. The Balaban J connectivity index is 3.19. The molecule has 0 saturated carbocycles. The van der Waals surface area contributed by atoms with Gasteiger partial charge in [0.15, 0.2) is 0 Å². The highest BCUT2D eigenvalue weighted by molar-refractivity contribution is 7.39. The van der Waals surface area contributed by atoms with Gasteiger partial charge in [0, 0.05) is 13.2 Å². The lowest BCUT2D eigenvalue weighted by Gasteiger charge is -2.24. The Bertz CT molecular complexity index is 113. The molecule has 6 nitrogen and oxygen atoms in total. The van der Waals surface area contributed by atoms with Gasteiger partial charge in [-0.05, 0) is 13.8 Å². The number of rotatable bonds is 9. The molecule has 0 aromatic rings. The van der Waals surface area contributed by atoms with E-state index in [-0.39, 0.29) is 13.2 Å². The molecule has 0 fully saturated rings. The van der Waals surface area contributed by atoms with Gasteiger partial charge in [-0.1, -0.05) is 0 Å². The van der Waals surface area contributed by atoms with Crippen LogP contribution < -0.4 is 9.79 Å². The minimum atomic E-state index is -2.09. The Morgan fingerprint density at radius 1 is 0.786 bits per heavy atom. The first-order chi connectivity index (χ1) is 6.70. The van der Waals surface area contributed by atoms with Crippen molar-refractivity contribution in [3.05, 3.63) is 0 Å². The van der Waals surface area contributed by atoms with Crippen LogP contribution in [0.4, 0.5) is 0 Å². The van der Waals surface area contributed by atoms with Crippen molar-refractivity contribution in [3.8, 4) is 0 Å². The Morgan fingerprint density at radius 2 is 1.14 bits per heavy atom. The SMILES string of the molecule is CCOP([O-])OCCOP([O-])OCC. The smallest absolute Gasteiger partial charge is 0.0829 e. The van der Waals surface area contributed by atoms with E-state index in [0.29, 0.717) is 13.2 Å². The van der Waals surface area contributed by atoms with E-state index < -0.39 is 17.2 Å². The van der Waals surface area contributed by atoms with Gasteiger partial charge in [-0.25, -0.2) is 0 Å². The summed E-state index contributed by atoms with van der Waals surface area (Å²) in [6, 6.07) is 0. The van der Waals surface area contributed by atoms with Crippen LogP contribution >= 0.6 is 17.2 Å². The summed E-state index contributed by atoms with van der Waals surface area (Å²) < 4.78 is 18.6. The zero-order valence-electron chi connectivity index (χ0n) is 8.17. The zero-order valence-corrected chi connectivity index (χ0v) is 9.96. The molecule has 0 radical (unpaired) electrons. The first-order valence-electron chi connectivity index (χ1n) is 4.16. The summed E-state index contributed by atoms with van der Waals surface area (Å²) in [6.07, 6.45) is 0. The molecule has 0 heterocycles. The Morgan fingerprint density at radius 3 is 1.43 bits per heavy atom. The predicted molar refractivity (Wildman–Crippen MR) is 49.0 cm³/mol. The molecule has 2 atom stereocenters. The fourth-order valence-corrected chi connectivity index (χ4v) is 1.53. The first-order valence-corrected chi connectivity index (χ1v) is 6.36. The molecule has 86 valence electrons. The Labute approximate surface area is 86.1 Å². The fraction of sp³-hybridized carbons (Fsp3) is 1.00. The minimum Gasteiger partial charge on any atom is -0.786 e. The molecule has 0 aliphatic rings. The molecule has 2 unspecified atom stereocenters. The van der Waals surface area contributed by atoms with Crippen LogP contribution in [0.15, 0.2) is 0 Å². The molecule has 0 aromatic heterocycles. The van der Waals surface area contributed by atoms with Crippen molar-refractivity contribution in [3.63, 3.8) is 0 Å². The fourth-order valence-electron chi connectivity index (χ4n) is 0.509. The highest BCUT2D eigenvalue weighted by Gasteiger charge is 1.96. The lowest BCUT2D eigenvalue weighted by molar-refractivity contribution is -0.211. The lowest BCUT2D eigenvalue weighted by atomic mass is 10.8. The quantitative estimate of drug-likeness (QED) is 0.427. The third kappa shape index (κ3) is 9.19. The number of hydrogen-bond acceptors (Lipinski definition) is 6. The van der Waals surface area contributed by atoms with E-state index in [4.69, 9.17) is 0 Å². The second-order valence-electron chi connectivity index (χ2n) is 1.95. The van der Waals surface area contributed by atoms with Gasteiger partial charge in [0.25, 0.3) is 0 Å². The maximum absolute atomic E-state index is 10.8. The van der Waals surface area contributed by atoms with Gasteiger partial charge in [0.2, 0.25) is 0 Å². The molecule has 8 heteroatoms. The summed E-state index contributed by atoms with van der Waals surface area (Å²) in [7, 11) is -4.17. The van der Waals surface area contributed by atoms with Gasteiger partial charge in [0.1, 0.15) is 0 Å². The molecule has 0 saturated heterocycles. The van der Waals surface area contributed by atoms with Crippen LogP contribution in [-0.2, 0) is 18.1 Å². The molecule has 0 aromatic carbocycles. The van der Waals surface area contributed by atoms with Gasteiger partial charge in [-0.15, -0.1) is 0 Å². The van der Waals surface area contributed by atoms with Crippen molar-refractivity contribution in [1.82, 2.24) is 0 Å². The molecular weight excluding hydrogens is 230 g/mol. The molecule has 0 aliphatic carbocycles. The molecule has 0 bridgehead atoms. The van der Waals surface area contributed by atoms with Gasteiger partial charge in [-0.2, -0.15) is 0 Å². The highest BCUT2D eigenvalue weighted by Crippen LogP contribution is 2.29. The normalized spacial score (nSPS) is 15.4. The van der Waals surface area contributed by atoms with E-state index >= 15 is 0 Å². The van der Waals surface area contributed by atoms with Crippen molar-refractivity contribution in [2.45, 2.75) is 13.8 Å². The van der Waals surface area contributed by atoms with Gasteiger partial charge in [-0.3, -0.25) is 0 Å². The largest absolute Gasteiger partial charge is 0.786 e. The van der Waals surface area contributed by atoms with Gasteiger partial charge < -0.3 is 27.9 Å². The van der Waals surface area contributed by atoms with Crippen LogP contribution in [0.3, 0.4) is 0 Å². The Kier molecular flexibility index (Phi) is 10.6. The van der Waals surface area contributed by atoms with Gasteiger partial charge in [0.05, 0.1) is 30.4 Å². The van der Waals surface area contributed by atoms with Crippen molar-refractivity contribution in [1.29, 1.82) is 0 Å². The molecule has 0 aliphatic heterocycles. The second-order valence-corrected chi connectivity index (χ2v) is 3.88.